The van der Waals surface area contributed by atoms with Crippen LogP contribution in [0.2, 0.25) is 0 Å². The Labute approximate surface area is 214 Å². The Kier molecular flexibility index (Phi) is 7.22. The molecule has 4 aromatic rings. The van der Waals surface area contributed by atoms with E-state index >= 15 is 0 Å². The van der Waals surface area contributed by atoms with Crippen molar-refractivity contribution >= 4 is 16.8 Å². The van der Waals surface area contributed by atoms with Crippen molar-refractivity contribution < 1.29 is 4.79 Å². The Hall–Kier alpha value is -3.40. The van der Waals surface area contributed by atoms with E-state index < -0.39 is 0 Å². The van der Waals surface area contributed by atoms with Crippen molar-refractivity contribution in [3.8, 4) is 11.3 Å². The fraction of sp³-hybridized carbons (Fsp3) is 0.375. The van der Waals surface area contributed by atoms with Gasteiger partial charge in [-0.25, -0.2) is 0 Å². The second-order valence-electron chi connectivity index (χ2n) is 10.4. The van der Waals surface area contributed by atoms with Crippen LogP contribution in [0.25, 0.3) is 22.2 Å². The summed E-state index contributed by atoms with van der Waals surface area (Å²) in [5.41, 5.74) is 6.27. The van der Waals surface area contributed by atoms with Gasteiger partial charge in [-0.3, -0.25) is 9.48 Å². The number of hydrogen-bond donors (Lipinski definition) is 1. The molecule has 0 aliphatic heterocycles. The molecule has 36 heavy (non-hydrogen) atoms. The third-order valence-corrected chi connectivity index (χ3v) is 7.56. The van der Waals surface area contributed by atoms with Crippen LogP contribution in [0.1, 0.15) is 85.9 Å². The Morgan fingerprint density at radius 2 is 1.78 bits per heavy atom. The molecule has 186 valence electrons. The maximum atomic E-state index is 13.5. The van der Waals surface area contributed by atoms with Crippen LogP contribution in [0.3, 0.4) is 0 Å². The number of amides is 1. The van der Waals surface area contributed by atoms with E-state index in [1.807, 2.05) is 30.3 Å². The molecule has 0 saturated heterocycles. The molecule has 1 aromatic heterocycles. The molecule has 0 spiro atoms. The summed E-state index contributed by atoms with van der Waals surface area (Å²) in [5.74, 6) is 0.505. The number of carbonyl (C=O) groups excluding carboxylic acids is 1. The highest BCUT2D eigenvalue weighted by Crippen LogP contribution is 2.42. The molecule has 5 rings (SSSR count). The predicted molar refractivity (Wildman–Crippen MR) is 148 cm³/mol. The number of aromatic nitrogens is 2. The average Bonchev–Trinajstić information content (AvgIpc) is 3.67. The van der Waals surface area contributed by atoms with Gasteiger partial charge < -0.3 is 5.32 Å². The Bertz CT molecular complexity index is 1340. The van der Waals surface area contributed by atoms with Gasteiger partial charge in [0, 0.05) is 22.6 Å². The first kappa shape index (κ1) is 24.3. The molecule has 1 N–H and O–H groups in total. The van der Waals surface area contributed by atoms with E-state index in [0.29, 0.717) is 17.5 Å². The maximum Gasteiger partial charge on any atom is 0.251 e. The molecule has 1 aliphatic carbocycles. The van der Waals surface area contributed by atoms with E-state index in [4.69, 9.17) is 5.10 Å². The summed E-state index contributed by atoms with van der Waals surface area (Å²) >= 11 is 0. The van der Waals surface area contributed by atoms with Gasteiger partial charge in [-0.1, -0.05) is 80.8 Å². The molecule has 1 saturated carbocycles. The highest BCUT2D eigenvalue weighted by molar-refractivity contribution is 6.02. The van der Waals surface area contributed by atoms with E-state index in [1.165, 1.54) is 43.2 Å². The van der Waals surface area contributed by atoms with Gasteiger partial charge in [0.25, 0.3) is 5.91 Å². The lowest BCUT2D eigenvalue weighted by atomic mass is 9.97. The smallest absolute Gasteiger partial charge is 0.251 e. The van der Waals surface area contributed by atoms with Crippen LogP contribution < -0.4 is 5.32 Å². The number of nitrogens with zero attached hydrogens (tertiary/aromatic N) is 2. The lowest BCUT2D eigenvalue weighted by Crippen LogP contribution is -2.30. The molecule has 4 nitrogen and oxygen atoms in total. The summed E-state index contributed by atoms with van der Waals surface area (Å²) in [6.07, 6.45) is 7.08. The van der Waals surface area contributed by atoms with Crippen LogP contribution in [0.4, 0.5) is 0 Å². The summed E-state index contributed by atoms with van der Waals surface area (Å²) in [6.45, 7) is 6.62. The van der Waals surface area contributed by atoms with Crippen molar-refractivity contribution in [2.24, 2.45) is 5.92 Å². The quantitative estimate of drug-likeness (QED) is 0.234. The van der Waals surface area contributed by atoms with Gasteiger partial charge in [-0.05, 0) is 68.4 Å². The number of benzene rings is 3. The molecule has 4 heteroatoms. The highest BCUT2D eigenvalue weighted by atomic mass is 16.1. The summed E-state index contributed by atoms with van der Waals surface area (Å²) in [5, 5.41) is 9.49. The van der Waals surface area contributed by atoms with Crippen molar-refractivity contribution in [2.75, 3.05) is 0 Å². The first-order valence-electron chi connectivity index (χ1n) is 13.5. The van der Waals surface area contributed by atoms with Gasteiger partial charge in [0.1, 0.15) is 5.69 Å². The van der Waals surface area contributed by atoms with Gasteiger partial charge in [0.15, 0.2) is 0 Å². The molecule has 1 aliphatic rings. The van der Waals surface area contributed by atoms with E-state index in [9.17, 15) is 4.79 Å². The lowest BCUT2D eigenvalue weighted by molar-refractivity contribution is 0.0931. The summed E-state index contributed by atoms with van der Waals surface area (Å²) in [6, 6.07) is 25.2. The fourth-order valence-corrected chi connectivity index (χ4v) is 5.28. The summed E-state index contributed by atoms with van der Waals surface area (Å²) in [4.78, 5) is 13.5. The second kappa shape index (κ2) is 10.7. The Morgan fingerprint density at radius 3 is 2.50 bits per heavy atom. The Balaban J connectivity index is 1.49. The second-order valence-corrected chi connectivity index (χ2v) is 10.4. The number of carbonyl (C=O) groups is 1. The van der Waals surface area contributed by atoms with E-state index in [0.717, 1.165) is 28.6 Å². The van der Waals surface area contributed by atoms with Gasteiger partial charge in [-0.15, -0.1) is 0 Å². The maximum absolute atomic E-state index is 13.5. The van der Waals surface area contributed by atoms with Gasteiger partial charge in [-0.2, -0.15) is 5.10 Å². The van der Waals surface area contributed by atoms with Crippen molar-refractivity contribution in [3.63, 3.8) is 0 Å². The first-order chi connectivity index (χ1) is 17.6. The first-order valence-corrected chi connectivity index (χ1v) is 13.5. The van der Waals surface area contributed by atoms with Gasteiger partial charge in [0.2, 0.25) is 0 Å². The zero-order valence-electron chi connectivity index (χ0n) is 21.7. The molecule has 1 heterocycles. The standard InChI is InChI=1S/C32H37N3O/c1-4-5-7-13-23(3)35-29-20-19-26(21-28(29)31(34-35)24-14-8-6-9-15-24)32(36)33-30(25-17-18-25)27-16-11-10-12-22(27)2/h6,8-12,14-16,19-21,23,25,30H,4-5,7,13,17-18H2,1-3H3,(H,33,36). The van der Waals surface area contributed by atoms with Gasteiger partial charge in [0.05, 0.1) is 11.6 Å². The normalized spacial score (nSPS) is 15.1. The zero-order chi connectivity index (χ0) is 25.1. The van der Waals surface area contributed by atoms with E-state index in [-0.39, 0.29) is 11.9 Å². The molecule has 1 amide bonds. The molecule has 2 unspecified atom stereocenters. The topological polar surface area (TPSA) is 46.9 Å². The minimum absolute atomic E-state index is 0.0141. The van der Waals surface area contributed by atoms with Crippen molar-refractivity contribution in [2.45, 2.75) is 71.4 Å². The van der Waals surface area contributed by atoms with Crippen LogP contribution >= 0.6 is 0 Å². The fourth-order valence-electron chi connectivity index (χ4n) is 5.28. The monoisotopic (exact) mass is 479 g/mol. The number of rotatable bonds is 10. The molecule has 3 aromatic carbocycles. The van der Waals surface area contributed by atoms with Crippen LogP contribution in [0.15, 0.2) is 72.8 Å². The summed E-state index contributed by atoms with van der Waals surface area (Å²) < 4.78 is 2.16. The number of nitrogens with one attached hydrogen (secondary N) is 1. The highest BCUT2D eigenvalue weighted by Gasteiger charge is 2.34. The predicted octanol–water partition coefficient (Wildman–Crippen LogP) is 8.03. The van der Waals surface area contributed by atoms with Crippen molar-refractivity contribution in [3.05, 3.63) is 89.5 Å². The van der Waals surface area contributed by atoms with Gasteiger partial charge >= 0.3 is 0 Å². The minimum atomic E-state index is -0.0141. The third kappa shape index (κ3) is 5.09. The van der Waals surface area contributed by atoms with Crippen LogP contribution in [0.5, 0.6) is 0 Å². The number of unbranched alkanes of at least 4 members (excludes halogenated alkanes) is 2. The molecule has 0 radical (unpaired) electrons. The van der Waals surface area contributed by atoms with Crippen molar-refractivity contribution in [1.29, 1.82) is 0 Å². The minimum Gasteiger partial charge on any atom is -0.345 e. The van der Waals surface area contributed by atoms with Crippen LogP contribution in [-0.4, -0.2) is 15.7 Å². The Morgan fingerprint density at radius 1 is 1.03 bits per heavy atom. The number of hydrogen-bond acceptors (Lipinski definition) is 2. The van der Waals surface area contributed by atoms with E-state index in [1.54, 1.807) is 0 Å². The number of aryl methyl sites for hydroxylation is 1. The van der Waals surface area contributed by atoms with Crippen LogP contribution in [0, 0.1) is 12.8 Å². The third-order valence-electron chi connectivity index (χ3n) is 7.56. The van der Waals surface area contributed by atoms with E-state index in [2.05, 4.69) is 73.2 Å². The lowest BCUT2D eigenvalue weighted by Gasteiger charge is -2.21. The molecular weight excluding hydrogens is 442 g/mol. The largest absolute Gasteiger partial charge is 0.345 e. The molecule has 2 atom stereocenters. The number of fused-ring (bicyclic) bond motifs is 1. The van der Waals surface area contributed by atoms with Crippen LogP contribution in [-0.2, 0) is 0 Å². The SMILES string of the molecule is CCCCCC(C)n1nc(-c2ccccc2)c2cc(C(=O)NC(c3ccccc3C)C3CC3)ccc21. The zero-order valence-corrected chi connectivity index (χ0v) is 21.7. The van der Waals surface area contributed by atoms with Crippen molar-refractivity contribution in [1.82, 2.24) is 15.1 Å². The summed E-state index contributed by atoms with van der Waals surface area (Å²) in [7, 11) is 0. The average molecular weight is 480 g/mol. The molecule has 1 fully saturated rings. The molecular formula is C32H37N3O. The molecule has 0 bridgehead atoms.